The van der Waals surface area contributed by atoms with E-state index in [0.29, 0.717) is 11.8 Å². The van der Waals surface area contributed by atoms with Crippen LogP contribution in [0, 0.1) is 17.3 Å². The quantitative estimate of drug-likeness (QED) is 0.430. The first-order valence-electron chi connectivity index (χ1n) is 10.1. The average molecular weight is 412 g/mol. The van der Waals surface area contributed by atoms with E-state index in [-0.39, 0.29) is 34.3 Å². The molecule has 4 bridgehead atoms. The lowest BCUT2D eigenvalue weighted by Crippen LogP contribution is -2.56. The Morgan fingerprint density at radius 3 is 2.24 bits per heavy atom. The largest absolute Gasteiger partial charge is 0.455 e. The second-order valence-electron chi connectivity index (χ2n) is 9.22. The van der Waals surface area contributed by atoms with Crippen LogP contribution < -0.4 is 5.32 Å². The van der Waals surface area contributed by atoms with Gasteiger partial charge in [0.05, 0.1) is 5.41 Å². The first-order chi connectivity index (χ1) is 12.0. The van der Waals surface area contributed by atoms with E-state index in [0.717, 1.165) is 32.1 Å². The normalized spacial score (nSPS) is 40.5. The highest BCUT2D eigenvalue weighted by Gasteiger charge is 2.60. The number of alkyl halides is 1. The number of amides is 1. The molecule has 5 aliphatic rings. The summed E-state index contributed by atoms with van der Waals surface area (Å²) in [5, 5.41) is 3.07. The van der Waals surface area contributed by atoms with Crippen LogP contribution in [-0.2, 0) is 14.3 Å². The lowest BCUT2D eigenvalue weighted by atomic mass is 9.49. The Balaban J connectivity index is 1.31. The predicted molar refractivity (Wildman–Crippen MR) is 99.4 cm³/mol. The summed E-state index contributed by atoms with van der Waals surface area (Å²) < 4.78 is 5.67. The van der Waals surface area contributed by atoms with Gasteiger partial charge in [-0.1, -0.05) is 41.6 Å². The topological polar surface area (TPSA) is 55.4 Å². The fourth-order valence-corrected chi connectivity index (χ4v) is 7.82. The van der Waals surface area contributed by atoms with Gasteiger partial charge in [0.1, 0.15) is 0 Å². The molecule has 140 valence electrons. The maximum Gasteiger partial charge on any atom is 0.312 e. The van der Waals surface area contributed by atoms with Crippen LogP contribution in [0.5, 0.6) is 0 Å². The Morgan fingerprint density at radius 2 is 1.64 bits per heavy atom. The predicted octanol–water partition coefficient (Wildman–Crippen LogP) is 4.10. The van der Waals surface area contributed by atoms with E-state index in [2.05, 4.69) is 21.2 Å². The SMILES string of the molecule is O=C(COC(=O)C12CC3CC(CC(Br)(C3)C1)C2)NC1CCCCCC1. The van der Waals surface area contributed by atoms with Gasteiger partial charge in [-0.25, -0.2) is 0 Å². The van der Waals surface area contributed by atoms with E-state index < -0.39 is 0 Å². The van der Waals surface area contributed by atoms with Crippen molar-refractivity contribution >= 4 is 27.8 Å². The lowest BCUT2D eigenvalue weighted by molar-refractivity contribution is -0.171. The van der Waals surface area contributed by atoms with Gasteiger partial charge in [0.25, 0.3) is 5.91 Å². The van der Waals surface area contributed by atoms with Crippen LogP contribution in [0.25, 0.3) is 0 Å². The zero-order valence-electron chi connectivity index (χ0n) is 15.0. The summed E-state index contributed by atoms with van der Waals surface area (Å²) >= 11 is 3.93. The van der Waals surface area contributed by atoms with Crippen LogP contribution in [0.1, 0.15) is 77.0 Å². The molecule has 0 aliphatic heterocycles. The van der Waals surface area contributed by atoms with E-state index in [1.54, 1.807) is 0 Å². The third kappa shape index (κ3) is 3.77. The third-order valence-corrected chi connectivity index (χ3v) is 7.91. The molecule has 0 radical (unpaired) electrons. The fraction of sp³-hybridized carbons (Fsp3) is 0.900. The first kappa shape index (κ1) is 17.8. The van der Waals surface area contributed by atoms with E-state index >= 15 is 0 Å². The summed E-state index contributed by atoms with van der Waals surface area (Å²) in [6.45, 7) is -0.109. The van der Waals surface area contributed by atoms with Gasteiger partial charge in [-0.05, 0) is 63.2 Å². The van der Waals surface area contributed by atoms with E-state index in [1.807, 2.05) is 0 Å². The minimum atomic E-state index is -0.337. The van der Waals surface area contributed by atoms with Crippen LogP contribution >= 0.6 is 15.9 Å². The van der Waals surface area contributed by atoms with Gasteiger partial charge in [0.2, 0.25) is 0 Å². The molecule has 5 heteroatoms. The Hall–Kier alpha value is -0.580. The highest BCUT2D eigenvalue weighted by atomic mass is 79.9. The molecule has 0 aromatic rings. The first-order valence-corrected chi connectivity index (χ1v) is 10.9. The van der Waals surface area contributed by atoms with Crippen molar-refractivity contribution in [3.63, 3.8) is 0 Å². The number of halogens is 1. The number of esters is 1. The molecule has 2 unspecified atom stereocenters. The van der Waals surface area contributed by atoms with Gasteiger partial charge < -0.3 is 10.1 Å². The summed E-state index contributed by atoms with van der Waals surface area (Å²) in [6, 6.07) is 0.263. The van der Waals surface area contributed by atoms with Gasteiger partial charge in [-0.2, -0.15) is 0 Å². The zero-order valence-corrected chi connectivity index (χ0v) is 16.6. The second-order valence-corrected chi connectivity index (χ2v) is 10.9. The molecule has 0 saturated heterocycles. The lowest BCUT2D eigenvalue weighted by Gasteiger charge is -2.58. The fourth-order valence-electron chi connectivity index (χ4n) is 6.37. The van der Waals surface area contributed by atoms with Crippen molar-refractivity contribution in [2.75, 3.05) is 6.61 Å². The molecule has 0 spiro atoms. The van der Waals surface area contributed by atoms with Crippen LogP contribution in [0.15, 0.2) is 0 Å². The van der Waals surface area contributed by atoms with Crippen LogP contribution in [0.2, 0.25) is 0 Å². The average Bonchev–Trinajstić information content (AvgIpc) is 2.79. The van der Waals surface area contributed by atoms with Crippen molar-refractivity contribution in [1.29, 1.82) is 0 Å². The number of carbonyl (C=O) groups is 2. The summed E-state index contributed by atoms with van der Waals surface area (Å²) in [5.74, 6) is 1.04. The Labute approximate surface area is 159 Å². The third-order valence-electron chi connectivity index (χ3n) is 6.98. The van der Waals surface area contributed by atoms with Crippen molar-refractivity contribution in [1.82, 2.24) is 5.32 Å². The van der Waals surface area contributed by atoms with Crippen LogP contribution in [0.3, 0.4) is 0 Å². The molecule has 5 aliphatic carbocycles. The van der Waals surface area contributed by atoms with Crippen molar-refractivity contribution in [3.8, 4) is 0 Å². The number of ether oxygens (including phenoxy) is 1. The molecular formula is C20H30BrNO3. The molecule has 5 fully saturated rings. The molecule has 2 atom stereocenters. The van der Waals surface area contributed by atoms with Crippen molar-refractivity contribution in [2.24, 2.45) is 17.3 Å². The van der Waals surface area contributed by atoms with Gasteiger partial charge in [0.15, 0.2) is 6.61 Å². The zero-order chi connectivity index (χ0) is 17.5. The maximum atomic E-state index is 12.9. The molecule has 0 aromatic carbocycles. The smallest absolute Gasteiger partial charge is 0.312 e. The van der Waals surface area contributed by atoms with Crippen LogP contribution in [0.4, 0.5) is 0 Å². The summed E-state index contributed by atoms with van der Waals surface area (Å²) in [6.07, 6.45) is 13.5. The molecule has 4 nitrogen and oxygen atoms in total. The highest BCUT2D eigenvalue weighted by molar-refractivity contribution is 9.10. The Kier molecular flexibility index (Phi) is 4.89. The number of nitrogens with one attached hydrogen (secondary N) is 1. The number of rotatable bonds is 4. The molecule has 0 aromatic heterocycles. The van der Waals surface area contributed by atoms with E-state index in [1.165, 1.54) is 44.9 Å². The minimum absolute atomic E-state index is 0.109. The standard InChI is InChI=1S/C20H30BrNO3/c21-20-10-14-7-15(11-20)9-19(8-14,13-20)18(24)25-12-17(23)22-16-5-3-1-2-4-6-16/h14-16H,1-13H2,(H,22,23). The summed E-state index contributed by atoms with van der Waals surface area (Å²) in [5.41, 5.74) is -0.337. The van der Waals surface area contributed by atoms with Crippen molar-refractivity contribution < 1.29 is 14.3 Å². The number of hydrogen-bond donors (Lipinski definition) is 1. The molecule has 5 saturated carbocycles. The van der Waals surface area contributed by atoms with Gasteiger partial charge in [-0.15, -0.1) is 0 Å². The monoisotopic (exact) mass is 411 g/mol. The van der Waals surface area contributed by atoms with Crippen molar-refractivity contribution in [3.05, 3.63) is 0 Å². The Morgan fingerprint density at radius 1 is 1.00 bits per heavy atom. The number of carbonyl (C=O) groups excluding carboxylic acids is 2. The maximum absolute atomic E-state index is 12.9. The van der Waals surface area contributed by atoms with Gasteiger partial charge >= 0.3 is 5.97 Å². The van der Waals surface area contributed by atoms with E-state index in [4.69, 9.17) is 4.74 Å². The van der Waals surface area contributed by atoms with E-state index in [9.17, 15) is 9.59 Å². The van der Waals surface area contributed by atoms with Gasteiger partial charge in [0, 0.05) is 10.4 Å². The molecule has 25 heavy (non-hydrogen) atoms. The molecule has 0 heterocycles. The summed E-state index contributed by atoms with van der Waals surface area (Å²) in [4.78, 5) is 25.1. The van der Waals surface area contributed by atoms with Crippen LogP contribution in [-0.4, -0.2) is 28.8 Å². The summed E-state index contributed by atoms with van der Waals surface area (Å²) in [7, 11) is 0. The van der Waals surface area contributed by atoms with Crippen molar-refractivity contribution in [2.45, 2.75) is 87.4 Å². The molecule has 1 amide bonds. The minimum Gasteiger partial charge on any atom is -0.455 e. The molecular weight excluding hydrogens is 382 g/mol. The van der Waals surface area contributed by atoms with Gasteiger partial charge in [-0.3, -0.25) is 9.59 Å². The highest BCUT2D eigenvalue weighted by Crippen LogP contribution is 2.64. The molecule has 1 N–H and O–H groups in total. The molecule has 5 rings (SSSR count). The number of hydrogen-bond acceptors (Lipinski definition) is 3. The second kappa shape index (κ2) is 6.86. The Bertz CT molecular complexity index is 527.